The molecule has 0 aromatic carbocycles. The van der Waals surface area contributed by atoms with Crippen LogP contribution in [0.25, 0.3) is 0 Å². The van der Waals surface area contributed by atoms with Crippen LogP contribution in [0.15, 0.2) is 12.4 Å². The Kier molecular flexibility index (Phi) is 2.72. The van der Waals surface area contributed by atoms with Crippen LogP contribution in [-0.2, 0) is 5.41 Å². The molecule has 1 atom stereocenters. The van der Waals surface area contributed by atoms with E-state index in [0.717, 1.165) is 19.3 Å². The van der Waals surface area contributed by atoms with Crippen LogP contribution in [0.3, 0.4) is 0 Å². The van der Waals surface area contributed by atoms with Gasteiger partial charge < -0.3 is 0 Å². The fourth-order valence-electron chi connectivity index (χ4n) is 2.40. The van der Waals surface area contributed by atoms with Crippen molar-refractivity contribution in [1.82, 2.24) is 4.98 Å². The summed E-state index contributed by atoms with van der Waals surface area (Å²) in [5.74, 6) is 0.229. The van der Waals surface area contributed by atoms with E-state index in [0.29, 0.717) is 16.5 Å². The smallest absolute Gasteiger partial charge is 0.146 e. The first-order chi connectivity index (χ1) is 7.12. The number of halogens is 2. The van der Waals surface area contributed by atoms with Crippen LogP contribution >= 0.6 is 11.6 Å². The average Bonchev–Trinajstić information content (AvgIpc) is 2.98. The Morgan fingerprint density at radius 3 is 2.67 bits per heavy atom. The molecule has 0 saturated heterocycles. The van der Waals surface area contributed by atoms with Crippen LogP contribution in [0, 0.1) is 11.7 Å². The summed E-state index contributed by atoms with van der Waals surface area (Å²) in [6.45, 7) is 4.31. The molecule has 0 radical (unpaired) electrons. The molecule has 1 nitrogen and oxygen atoms in total. The van der Waals surface area contributed by atoms with Crippen molar-refractivity contribution in [2.24, 2.45) is 5.92 Å². The lowest BCUT2D eigenvalue weighted by Crippen LogP contribution is -2.19. The minimum absolute atomic E-state index is 0.0150. The monoisotopic (exact) mass is 227 g/mol. The van der Waals surface area contributed by atoms with E-state index in [-0.39, 0.29) is 11.2 Å². The molecule has 0 aliphatic heterocycles. The molecule has 1 fully saturated rings. The quantitative estimate of drug-likeness (QED) is 0.762. The number of aromatic nitrogens is 1. The summed E-state index contributed by atoms with van der Waals surface area (Å²) in [7, 11) is 0. The van der Waals surface area contributed by atoms with Gasteiger partial charge in [-0.05, 0) is 18.8 Å². The van der Waals surface area contributed by atoms with E-state index >= 15 is 0 Å². The summed E-state index contributed by atoms with van der Waals surface area (Å²) in [5, 5.41) is 0.479. The molecule has 0 spiro atoms. The van der Waals surface area contributed by atoms with Gasteiger partial charge in [0.1, 0.15) is 5.82 Å². The van der Waals surface area contributed by atoms with E-state index in [1.54, 1.807) is 6.20 Å². The molecule has 0 amide bonds. The number of rotatable bonds is 3. The van der Waals surface area contributed by atoms with Crippen molar-refractivity contribution in [3.63, 3.8) is 0 Å². The topological polar surface area (TPSA) is 12.9 Å². The third-order valence-electron chi connectivity index (χ3n) is 3.70. The van der Waals surface area contributed by atoms with Gasteiger partial charge in [-0.1, -0.05) is 31.9 Å². The van der Waals surface area contributed by atoms with Gasteiger partial charge in [0.15, 0.2) is 0 Å². The first kappa shape index (κ1) is 10.9. The van der Waals surface area contributed by atoms with Gasteiger partial charge in [0.25, 0.3) is 0 Å². The van der Waals surface area contributed by atoms with Gasteiger partial charge in [0, 0.05) is 17.2 Å². The molecule has 15 heavy (non-hydrogen) atoms. The van der Waals surface area contributed by atoms with E-state index in [9.17, 15) is 4.39 Å². The molecular formula is C12H15ClFN. The van der Waals surface area contributed by atoms with E-state index in [1.165, 1.54) is 6.20 Å². The molecule has 82 valence electrons. The van der Waals surface area contributed by atoms with Crippen LogP contribution < -0.4 is 0 Å². The van der Waals surface area contributed by atoms with Crippen LogP contribution in [0.4, 0.5) is 4.39 Å². The largest absolute Gasteiger partial charge is 0.260 e. The molecule has 1 unspecified atom stereocenters. The fourth-order valence-corrected chi connectivity index (χ4v) is 2.74. The van der Waals surface area contributed by atoms with E-state index in [2.05, 4.69) is 18.8 Å². The second kappa shape index (κ2) is 3.75. The van der Waals surface area contributed by atoms with Crippen molar-refractivity contribution < 1.29 is 4.39 Å². The maximum atomic E-state index is 13.7. The predicted octanol–water partition coefficient (Wildman–Crippen LogP) is 3.95. The number of hydrogen-bond donors (Lipinski definition) is 0. The van der Waals surface area contributed by atoms with Crippen LogP contribution in [-0.4, -0.2) is 4.98 Å². The lowest BCUT2D eigenvalue weighted by Gasteiger charge is -2.23. The normalized spacial score (nSPS) is 20.0. The maximum absolute atomic E-state index is 13.7. The molecule has 1 aliphatic carbocycles. The molecule has 1 aliphatic rings. The van der Waals surface area contributed by atoms with Gasteiger partial charge in [-0.15, -0.1) is 0 Å². The minimum atomic E-state index is -0.250. The highest BCUT2D eigenvalue weighted by Gasteiger charge is 2.50. The van der Waals surface area contributed by atoms with Crippen molar-refractivity contribution >= 4 is 11.6 Å². The third kappa shape index (κ3) is 1.65. The van der Waals surface area contributed by atoms with Gasteiger partial charge in [0.05, 0.1) is 11.2 Å². The van der Waals surface area contributed by atoms with Gasteiger partial charge in [-0.25, -0.2) is 4.39 Å². The number of nitrogens with zero attached hydrogens (tertiary/aromatic N) is 1. The Morgan fingerprint density at radius 1 is 1.53 bits per heavy atom. The first-order valence-electron chi connectivity index (χ1n) is 5.41. The highest BCUT2D eigenvalue weighted by atomic mass is 35.5. The maximum Gasteiger partial charge on any atom is 0.146 e. The lowest BCUT2D eigenvalue weighted by atomic mass is 9.82. The van der Waals surface area contributed by atoms with E-state index in [4.69, 9.17) is 11.6 Å². The molecule has 1 aromatic rings. The Balaban J connectivity index is 2.45. The highest BCUT2D eigenvalue weighted by molar-refractivity contribution is 6.31. The van der Waals surface area contributed by atoms with Gasteiger partial charge in [0.2, 0.25) is 0 Å². The van der Waals surface area contributed by atoms with Gasteiger partial charge in [-0.3, -0.25) is 4.98 Å². The lowest BCUT2D eigenvalue weighted by molar-refractivity contribution is 0.410. The molecule has 2 rings (SSSR count). The van der Waals surface area contributed by atoms with Crippen LogP contribution in [0.5, 0.6) is 0 Å². The number of pyridine rings is 1. The zero-order valence-electron chi connectivity index (χ0n) is 9.06. The van der Waals surface area contributed by atoms with Gasteiger partial charge >= 0.3 is 0 Å². The highest BCUT2D eigenvalue weighted by Crippen LogP contribution is 2.57. The van der Waals surface area contributed by atoms with Crippen molar-refractivity contribution in [3.8, 4) is 0 Å². The molecule has 3 heteroatoms. The Morgan fingerprint density at radius 2 is 2.20 bits per heavy atom. The standard InChI is InChI=1S/C12H15ClFN/c1-3-8(2)12(4-5-12)11-9(13)6-15-7-10(11)14/h6-8H,3-5H2,1-2H3. The summed E-state index contributed by atoms with van der Waals surface area (Å²) in [5.41, 5.74) is 0.673. The Bertz CT molecular complexity index is 354. The second-order valence-corrected chi connectivity index (χ2v) is 4.85. The molecule has 1 aromatic heterocycles. The summed E-state index contributed by atoms with van der Waals surface area (Å²) in [6.07, 6.45) is 5.95. The SMILES string of the molecule is CCC(C)C1(c2c(F)cncc2Cl)CC1. The fraction of sp³-hybridized carbons (Fsp3) is 0.583. The summed E-state index contributed by atoms with van der Waals surface area (Å²) < 4.78 is 13.7. The minimum Gasteiger partial charge on any atom is -0.260 e. The van der Waals surface area contributed by atoms with E-state index in [1.807, 2.05) is 0 Å². The molecule has 1 heterocycles. The summed E-state index contributed by atoms with van der Waals surface area (Å²) >= 11 is 6.05. The van der Waals surface area contributed by atoms with E-state index < -0.39 is 0 Å². The molecule has 1 saturated carbocycles. The molecule has 0 bridgehead atoms. The van der Waals surface area contributed by atoms with Crippen LogP contribution in [0.1, 0.15) is 38.7 Å². The second-order valence-electron chi connectivity index (χ2n) is 4.44. The average molecular weight is 228 g/mol. The van der Waals surface area contributed by atoms with Crippen LogP contribution in [0.2, 0.25) is 5.02 Å². The molecule has 0 N–H and O–H groups in total. The summed E-state index contributed by atoms with van der Waals surface area (Å²) in [6, 6.07) is 0. The van der Waals surface area contributed by atoms with Crippen molar-refractivity contribution in [2.45, 2.75) is 38.5 Å². The zero-order chi connectivity index (χ0) is 11.1. The Hall–Kier alpha value is -0.630. The predicted molar refractivity (Wildman–Crippen MR) is 59.6 cm³/mol. The number of hydrogen-bond acceptors (Lipinski definition) is 1. The van der Waals surface area contributed by atoms with Crippen molar-refractivity contribution in [1.29, 1.82) is 0 Å². The Labute approximate surface area is 94.7 Å². The molecular weight excluding hydrogens is 213 g/mol. The first-order valence-corrected chi connectivity index (χ1v) is 5.79. The third-order valence-corrected chi connectivity index (χ3v) is 3.98. The van der Waals surface area contributed by atoms with Gasteiger partial charge in [-0.2, -0.15) is 0 Å². The summed E-state index contributed by atoms with van der Waals surface area (Å²) in [4.78, 5) is 3.76. The van der Waals surface area contributed by atoms with Crippen molar-refractivity contribution in [3.05, 3.63) is 28.8 Å². The van der Waals surface area contributed by atoms with Crippen molar-refractivity contribution in [2.75, 3.05) is 0 Å². The zero-order valence-corrected chi connectivity index (χ0v) is 9.81.